The van der Waals surface area contributed by atoms with E-state index in [4.69, 9.17) is 14.8 Å². The number of thiazole rings is 1. The molecule has 2 aromatic rings. The lowest BCUT2D eigenvalue weighted by Crippen LogP contribution is -2.04. The van der Waals surface area contributed by atoms with E-state index < -0.39 is 5.97 Å². The highest BCUT2D eigenvalue weighted by Crippen LogP contribution is 2.36. The van der Waals surface area contributed by atoms with Gasteiger partial charge in [-0.05, 0) is 37.0 Å². The molecule has 0 amide bonds. The Kier molecular flexibility index (Phi) is 10.9. The standard InChI is InChI=1S/C17H20N2O3S2.C9H18/c1-22-14-9-12(17(20)21)7-8-13(14)19-24-15-10-23-16(18-15)11-5-3-2-4-6-11;1-2-6-9-7-4-3-5-8-9/h7-11,19H,2-6H2,1H3,(H,20,21);9H,2-8H2,1H3. The van der Waals surface area contributed by atoms with Gasteiger partial charge in [-0.1, -0.05) is 71.1 Å². The van der Waals surface area contributed by atoms with Crippen molar-refractivity contribution in [3.63, 3.8) is 0 Å². The van der Waals surface area contributed by atoms with Gasteiger partial charge in [0.2, 0.25) is 0 Å². The van der Waals surface area contributed by atoms with Crippen molar-refractivity contribution in [2.75, 3.05) is 11.8 Å². The molecule has 1 heterocycles. The maximum Gasteiger partial charge on any atom is 0.335 e. The first-order chi connectivity index (χ1) is 16.1. The minimum absolute atomic E-state index is 0.204. The third-order valence-corrected chi connectivity index (χ3v) is 8.49. The zero-order chi connectivity index (χ0) is 23.5. The smallest absolute Gasteiger partial charge is 0.335 e. The number of carbonyl (C=O) groups is 1. The zero-order valence-electron chi connectivity index (χ0n) is 20.0. The number of ether oxygens (including phenoxy) is 1. The fraction of sp³-hybridized carbons (Fsp3) is 0.615. The van der Waals surface area contributed by atoms with Gasteiger partial charge >= 0.3 is 5.97 Å². The van der Waals surface area contributed by atoms with Crippen LogP contribution in [0.2, 0.25) is 0 Å². The summed E-state index contributed by atoms with van der Waals surface area (Å²) in [4.78, 5) is 15.8. The van der Waals surface area contributed by atoms with E-state index in [0.29, 0.717) is 11.7 Å². The van der Waals surface area contributed by atoms with E-state index in [2.05, 4.69) is 17.0 Å². The predicted molar refractivity (Wildman–Crippen MR) is 139 cm³/mol. The van der Waals surface area contributed by atoms with Crippen molar-refractivity contribution >= 4 is 34.9 Å². The minimum atomic E-state index is -0.968. The van der Waals surface area contributed by atoms with E-state index in [1.165, 1.54) is 107 Å². The fourth-order valence-electron chi connectivity index (χ4n) is 4.76. The minimum Gasteiger partial charge on any atom is -0.495 e. The summed E-state index contributed by atoms with van der Waals surface area (Å²) in [7, 11) is 1.53. The molecule has 2 saturated carbocycles. The third-order valence-electron chi connectivity index (χ3n) is 6.59. The van der Waals surface area contributed by atoms with Gasteiger partial charge in [0.1, 0.15) is 10.8 Å². The molecule has 0 aliphatic heterocycles. The van der Waals surface area contributed by atoms with Crippen LogP contribution in [-0.4, -0.2) is 23.2 Å². The normalized spacial score (nSPS) is 17.2. The Morgan fingerprint density at radius 1 is 1.15 bits per heavy atom. The molecule has 7 heteroatoms. The lowest BCUT2D eigenvalue weighted by Gasteiger charge is -2.20. The lowest BCUT2D eigenvalue weighted by molar-refractivity contribution is 0.0696. The Morgan fingerprint density at radius 2 is 1.85 bits per heavy atom. The molecule has 0 spiro atoms. The van der Waals surface area contributed by atoms with Crippen LogP contribution in [0.15, 0.2) is 28.6 Å². The van der Waals surface area contributed by atoms with Crippen molar-refractivity contribution in [1.82, 2.24) is 4.98 Å². The zero-order valence-corrected chi connectivity index (χ0v) is 21.6. The van der Waals surface area contributed by atoms with Gasteiger partial charge in [0.25, 0.3) is 0 Å². The van der Waals surface area contributed by atoms with Crippen molar-refractivity contribution in [3.8, 4) is 5.75 Å². The summed E-state index contributed by atoms with van der Waals surface area (Å²) in [6.45, 7) is 2.30. The number of anilines is 1. The van der Waals surface area contributed by atoms with E-state index in [1.54, 1.807) is 23.5 Å². The van der Waals surface area contributed by atoms with Crippen LogP contribution >= 0.6 is 23.3 Å². The molecule has 1 aromatic carbocycles. The Morgan fingerprint density at radius 3 is 2.48 bits per heavy atom. The van der Waals surface area contributed by atoms with E-state index in [-0.39, 0.29) is 5.56 Å². The van der Waals surface area contributed by atoms with Gasteiger partial charge in [0.05, 0.1) is 23.4 Å². The molecule has 1 aromatic heterocycles. The molecular weight excluding hydrogens is 452 g/mol. The van der Waals surface area contributed by atoms with Crippen LogP contribution in [0, 0.1) is 5.92 Å². The average molecular weight is 491 g/mol. The molecule has 2 N–H and O–H groups in total. The van der Waals surface area contributed by atoms with Crippen molar-refractivity contribution in [2.45, 2.75) is 94.9 Å². The van der Waals surface area contributed by atoms with Crippen LogP contribution in [0.3, 0.4) is 0 Å². The Labute approximate surface area is 206 Å². The van der Waals surface area contributed by atoms with E-state index in [9.17, 15) is 4.79 Å². The van der Waals surface area contributed by atoms with Crippen molar-refractivity contribution in [3.05, 3.63) is 34.2 Å². The number of nitrogens with one attached hydrogen (secondary N) is 1. The van der Waals surface area contributed by atoms with Gasteiger partial charge in [-0.15, -0.1) is 11.3 Å². The summed E-state index contributed by atoms with van der Waals surface area (Å²) in [5, 5.41) is 13.3. The topological polar surface area (TPSA) is 71.5 Å². The number of carboxylic acid groups (broad SMARTS) is 1. The van der Waals surface area contributed by atoms with Crippen LogP contribution in [-0.2, 0) is 0 Å². The number of aromatic carboxylic acids is 1. The third kappa shape index (κ3) is 8.21. The van der Waals surface area contributed by atoms with Crippen LogP contribution in [0.25, 0.3) is 0 Å². The van der Waals surface area contributed by atoms with Gasteiger partial charge < -0.3 is 14.6 Å². The molecular formula is C26H38N2O3S2. The Balaban J connectivity index is 0.000000286. The number of aromatic nitrogens is 1. The second-order valence-corrected chi connectivity index (χ2v) is 10.8. The van der Waals surface area contributed by atoms with Crippen molar-refractivity contribution in [1.29, 1.82) is 0 Å². The van der Waals surface area contributed by atoms with Gasteiger partial charge in [-0.25, -0.2) is 9.78 Å². The predicted octanol–water partition coefficient (Wildman–Crippen LogP) is 8.38. The molecule has 0 saturated heterocycles. The van der Waals surface area contributed by atoms with E-state index in [1.807, 2.05) is 0 Å². The van der Waals surface area contributed by atoms with E-state index >= 15 is 0 Å². The number of nitrogens with zero attached hydrogens (tertiary/aromatic N) is 1. The molecule has 182 valence electrons. The molecule has 33 heavy (non-hydrogen) atoms. The monoisotopic (exact) mass is 490 g/mol. The average Bonchev–Trinajstić information content (AvgIpc) is 3.33. The van der Waals surface area contributed by atoms with Gasteiger partial charge in [-0.3, -0.25) is 0 Å². The largest absolute Gasteiger partial charge is 0.495 e. The highest BCUT2D eigenvalue weighted by Gasteiger charge is 2.19. The van der Waals surface area contributed by atoms with Crippen LogP contribution < -0.4 is 9.46 Å². The van der Waals surface area contributed by atoms with Crippen LogP contribution in [0.5, 0.6) is 5.75 Å². The first kappa shape index (κ1) is 25.9. The SMILES string of the molecule is CCCC1CCCCC1.COc1cc(C(=O)O)ccc1NSc1csc(C2CCCCC2)n1. The summed E-state index contributed by atoms with van der Waals surface area (Å²) in [6, 6.07) is 4.78. The lowest BCUT2D eigenvalue weighted by atomic mass is 9.86. The number of hydrogen-bond donors (Lipinski definition) is 2. The molecule has 0 radical (unpaired) electrons. The quantitative estimate of drug-likeness (QED) is 0.362. The Bertz CT molecular complexity index is 856. The maximum absolute atomic E-state index is 11.0. The molecule has 0 atom stereocenters. The maximum atomic E-state index is 11.0. The van der Waals surface area contributed by atoms with Crippen molar-refractivity contribution in [2.24, 2.45) is 5.92 Å². The molecule has 2 fully saturated rings. The molecule has 0 bridgehead atoms. The molecule has 2 aliphatic carbocycles. The molecule has 2 aliphatic rings. The molecule has 5 nitrogen and oxygen atoms in total. The van der Waals surface area contributed by atoms with Crippen molar-refractivity contribution < 1.29 is 14.6 Å². The summed E-state index contributed by atoms with van der Waals surface area (Å²) >= 11 is 3.15. The number of methoxy groups -OCH3 is 1. The van der Waals surface area contributed by atoms with Crippen LogP contribution in [0.4, 0.5) is 5.69 Å². The Hall–Kier alpha value is -1.73. The number of benzene rings is 1. The molecule has 4 rings (SSSR count). The summed E-state index contributed by atoms with van der Waals surface area (Å²) in [6.07, 6.45) is 16.9. The first-order valence-electron chi connectivity index (χ1n) is 12.4. The first-order valence-corrected chi connectivity index (χ1v) is 14.1. The second kappa shape index (κ2) is 13.9. The van der Waals surface area contributed by atoms with E-state index in [0.717, 1.165) is 16.6 Å². The summed E-state index contributed by atoms with van der Waals surface area (Å²) in [5.41, 5.74) is 0.940. The summed E-state index contributed by atoms with van der Waals surface area (Å²) < 4.78 is 8.47. The van der Waals surface area contributed by atoms with Gasteiger partial charge in [-0.2, -0.15) is 0 Å². The highest BCUT2D eigenvalue weighted by atomic mass is 32.2. The summed E-state index contributed by atoms with van der Waals surface area (Å²) in [5.74, 6) is 1.25. The number of carboxylic acids is 1. The second-order valence-electron chi connectivity index (χ2n) is 9.08. The fourth-order valence-corrected chi connectivity index (χ4v) is 6.53. The van der Waals surface area contributed by atoms with Crippen LogP contribution in [0.1, 0.15) is 105 Å². The highest BCUT2D eigenvalue weighted by molar-refractivity contribution is 8.00. The number of hydrogen-bond acceptors (Lipinski definition) is 6. The van der Waals surface area contributed by atoms with Gasteiger partial charge in [0, 0.05) is 23.2 Å². The molecule has 0 unspecified atom stereocenters. The van der Waals surface area contributed by atoms with Gasteiger partial charge in [0.15, 0.2) is 0 Å². The number of rotatable bonds is 8.